The van der Waals surface area contributed by atoms with E-state index in [0.717, 1.165) is 38.9 Å². The van der Waals surface area contributed by atoms with Crippen molar-refractivity contribution in [1.82, 2.24) is 10.2 Å². The van der Waals surface area contributed by atoms with Crippen molar-refractivity contribution in [2.24, 2.45) is 5.92 Å². The fourth-order valence-electron chi connectivity index (χ4n) is 3.34. The first kappa shape index (κ1) is 22.8. The van der Waals surface area contributed by atoms with Crippen LogP contribution < -0.4 is 14.8 Å². The van der Waals surface area contributed by atoms with Gasteiger partial charge in [-0.2, -0.15) is 0 Å². The maximum atomic E-state index is 12.7. The molecule has 0 radical (unpaired) electrons. The van der Waals surface area contributed by atoms with Crippen LogP contribution in [0.15, 0.2) is 12.1 Å². The van der Waals surface area contributed by atoms with Gasteiger partial charge in [-0.05, 0) is 50.3 Å². The number of nitrogens with zero attached hydrogens (tertiary/aromatic N) is 1. The third-order valence-corrected chi connectivity index (χ3v) is 5.46. The van der Waals surface area contributed by atoms with Crippen molar-refractivity contribution >= 4 is 17.5 Å². The first-order valence-electron chi connectivity index (χ1n) is 10.5. The summed E-state index contributed by atoms with van der Waals surface area (Å²) in [5.41, 5.74) is 0.506. The predicted octanol–water partition coefficient (Wildman–Crippen LogP) is 4.77. The van der Waals surface area contributed by atoms with Crippen molar-refractivity contribution in [3.63, 3.8) is 0 Å². The molecule has 0 aliphatic carbocycles. The van der Waals surface area contributed by atoms with Gasteiger partial charge in [-0.3, -0.25) is 4.79 Å². The second-order valence-electron chi connectivity index (χ2n) is 7.96. The number of nitrogens with one attached hydrogen (secondary N) is 1. The number of piperidine rings is 1. The lowest BCUT2D eigenvalue weighted by molar-refractivity contribution is 0.0910. The number of hydrogen-bond donors (Lipinski definition) is 1. The van der Waals surface area contributed by atoms with E-state index in [4.69, 9.17) is 21.1 Å². The van der Waals surface area contributed by atoms with E-state index in [-0.39, 0.29) is 11.9 Å². The molecule has 28 heavy (non-hydrogen) atoms. The maximum absolute atomic E-state index is 12.7. The van der Waals surface area contributed by atoms with Gasteiger partial charge >= 0.3 is 0 Å². The van der Waals surface area contributed by atoms with Gasteiger partial charge in [-0.15, -0.1) is 0 Å². The quantitative estimate of drug-likeness (QED) is 0.603. The van der Waals surface area contributed by atoms with Gasteiger partial charge in [-0.25, -0.2) is 0 Å². The number of ether oxygens (including phenoxy) is 2. The Morgan fingerprint density at radius 1 is 1.32 bits per heavy atom. The molecule has 6 heteroatoms. The molecule has 0 aromatic heterocycles. The third-order valence-electron chi connectivity index (χ3n) is 5.18. The van der Waals surface area contributed by atoms with E-state index in [1.54, 1.807) is 19.2 Å². The first-order chi connectivity index (χ1) is 13.4. The van der Waals surface area contributed by atoms with Gasteiger partial charge in [0.2, 0.25) is 0 Å². The molecule has 0 unspecified atom stereocenters. The Hall–Kier alpha value is -1.46. The normalized spacial score (nSPS) is 15.6. The van der Waals surface area contributed by atoms with E-state index < -0.39 is 0 Å². The number of unbranched alkanes of at least 4 members (excludes halogenated alkanes) is 1. The Balaban J connectivity index is 1.95. The summed E-state index contributed by atoms with van der Waals surface area (Å²) in [6.45, 7) is 10.3. The second kappa shape index (κ2) is 11.5. The average molecular weight is 411 g/mol. The topological polar surface area (TPSA) is 50.8 Å². The third kappa shape index (κ3) is 6.85. The van der Waals surface area contributed by atoms with Crippen LogP contribution in [0.25, 0.3) is 0 Å². The van der Waals surface area contributed by atoms with E-state index in [9.17, 15) is 4.79 Å². The number of halogens is 1. The van der Waals surface area contributed by atoms with E-state index in [1.165, 1.54) is 12.8 Å². The van der Waals surface area contributed by atoms with Gasteiger partial charge in [0.15, 0.2) is 11.5 Å². The van der Waals surface area contributed by atoms with Crippen molar-refractivity contribution in [3.05, 3.63) is 22.7 Å². The highest BCUT2D eigenvalue weighted by atomic mass is 35.5. The summed E-state index contributed by atoms with van der Waals surface area (Å²) < 4.78 is 11.2. The highest BCUT2D eigenvalue weighted by Crippen LogP contribution is 2.36. The molecule has 1 amide bonds. The molecule has 1 aromatic rings. The molecule has 5 nitrogen and oxygen atoms in total. The van der Waals surface area contributed by atoms with Crippen LogP contribution in [-0.2, 0) is 0 Å². The van der Waals surface area contributed by atoms with Crippen LogP contribution in [0.4, 0.5) is 0 Å². The molecule has 0 spiro atoms. The summed E-state index contributed by atoms with van der Waals surface area (Å²) in [5, 5.41) is 3.55. The molecule has 1 aromatic carbocycles. The zero-order chi connectivity index (χ0) is 20.5. The molecule has 1 aliphatic heterocycles. The minimum atomic E-state index is -0.110. The lowest BCUT2D eigenvalue weighted by Gasteiger charge is -2.32. The molecule has 1 N–H and O–H groups in total. The molecule has 2 rings (SSSR count). The number of amides is 1. The predicted molar refractivity (Wildman–Crippen MR) is 115 cm³/mol. The second-order valence-corrected chi connectivity index (χ2v) is 8.37. The Morgan fingerprint density at radius 3 is 2.64 bits per heavy atom. The van der Waals surface area contributed by atoms with Gasteiger partial charge in [0.1, 0.15) is 0 Å². The van der Waals surface area contributed by atoms with E-state index in [1.807, 2.05) is 0 Å². The lowest BCUT2D eigenvalue weighted by Crippen LogP contribution is -2.44. The Bertz CT molecular complexity index is 628. The molecule has 1 fully saturated rings. The maximum Gasteiger partial charge on any atom is 0.251 e. The smallest absolute Gasteiger partial charge is 0.251 e. The number of rotatable bonds is 10. The standard InChI is InChI=1S/C22H35ClN2O3/c1-5-6-10-25-11-7-18(8-12-25)24-22(26)17-14-19(23)21(20(15-17)27-4)28-13-9-16(2)3/h14-16,18H,5-13H2,1-4H3,(H,24,26). The number of carbonyl (C=O) groups is 1. The molecule has 1 saturated heterocycles. The molecule has 0 atom stereocenters. The van der Waals surface area contributed by atoms with Gasteiger partial charge in [0.05, 0.1) is 18.7 Å². The van der Waals surface area contributed by atoms with Crippen LogP contribution in [0.5, 0.6) is 11.5 Å². The Morgan fingerprint density at radius 2 is 2.04 bits per heavy atom. The highest BCUT2D eigenvalue weighted by Gasteiger charge is 2.22. The van der Waals surface area contributed by atoms with Crippen LogP contribution in [0.1, 0.15) is 63.2 Å². The number of carbonyl (C=O) groups excluding carboxylic acids is 1. The van der Waals surface area contributed by atoms with E-state index in [0.29, 0.717) is 34.6 Å². The van der Waals surface area contributed by atoms with Crippen LogP contribution in [0.2, 0.25) is 5.02 Å². The van der Waals surface area contributed by atoms with Gasteiger partial charge < -0.3 is 19.7 Å². The Labute approximate surface area is 174 Å². The van der Waals surface area contributed by atoms with Crippen molar-refractivity contribution in [2.75, 3.05) is 33.4 Å². The summed E-state index contributed by atoms with van der Waals surface area (Å²) in [7, 11) is 1.56. The van der Waals surface area contributed by atoms with Crippen molar-refractivity contribution in [1.29, 1.82) is 0 Å². The zero-order valence-corrected chi connectivity index (χ0v) is 18.5. The average Bonchev–Trinajstić information content (AvgIpc) is 2.68. The number of likely N-dealkylation sites (tertiary alicyclic amines) is 1. The molecular weight excluding hydrogens is 376 g/mol. The van der Waals surface area contributed by atoms with E-state index >= 15 is 0 Å². The summed E-state index contributed by atoms with van der Waals surface area (Å²) in [4.78, 5) is 15.2. The molecule has 1 heterocycles. The largest absolute Gasteiger partial charge is 0.493 e. The van der Waals surface area contributed by atoms with Crippen LogP contribution in [-0.4, -0.2) is 50.2 Å². The lowest BCUT2D eigenvalue weighted by atomic mass is 10.0. The number of methoxy groups -OCH3 is 1. The SMILES string of the molecule is CCCCN1CCC(NC(=O)c2cc(Cl)c(OCCC(C)C)c(OC)c2)CC1. The minimum absolute atomic E-state index is 0.110. The molecule has 1 aliphatic rings. The van der Waals surface area contributed by atoms with E-state index in [2.05, 4.69) is 31.0 Å². The number of benzene rings is 1. The van der Waals surface area contributed by atoms with Gasteiger partial charge in [0, 0.05) is 24.7 Å². The minimum Gasteiger partial charge on any atom is -0.493 e. The van der Waals surface area contributed by atoms with Crippen molar-refractivity contribution in [2.45, 2.75) is 58.9 Å². The molecule has 158 valence electrons. The van der Waals surface area contributed by atoms with Crippen LogP contribution in [0.3, 0.4) is 0 Å². The van der Waals surface area contributed by atoms with Crippen molar-refractivity contribution in [3.8, 4) is 11.5 Å². The molecule has 0 bridgehead atoms. The molecule has 0 saturated carbocycles. The number of hydrogen-bond acceptors (Lipinski definition) is 4. The highest BCUT2D eigenvalue weighted by molar-refractivity contribution is 6.32. The van der Waals surface area contributed by atoms with Crippen molar-refractivity contribution < 1.29 is 14.3 Å². The Kier molecular flexibility index (Phi) is 9.39. The van der Waals surface area contributed by atoms with Gasteiger partial charge in [0.25, 0.3) is 5.91 Å². The summed E-state index contributed by atoms with van der Waals surface area (Å²) in [5.74, 6) is 1.44. The first-order valence-corrected chi connectivity index (χ1v) is 10.9. The van der Waals surface area contributed by atoms with Crippen LogP contribution in [0, 0.1) is 5.92 Å². The summed E-state index contributed by atoms with van der Waals surface area (Å²) in [6.07, 6.45) is 5.35. The van der Waals surface area contributed by atoms with Gasteiger partial charge in [-0.1, -0.05) is 38.8 Å². The summed E-state index contributed by atoms with van der Waals surface area (Å²) in [6, 6.07) is 3.58. The monoisotopic (exact) mass is 410 g/mol. The zero-order valence-electron chi connectivity index (χ0n) is 17.7. The fourth-order valence-corrected chi connectivity index (χ4v) is 3.60. The summed E-state index contributed by atoms with van der Waals surface area (Å²) >= 11 is 6.39. The molecular formula is C22H35ClN2O3. The fraction of sp³-hybridized carbons (Fsp3) is 0.682. The van der Waals surface area contributed by atoms with Crippen LogP contribution >= 0.6 is 11.6 Å².